The molecule has 0 amide bonds. The SMILES string of the molecule is CC1(C)CCN(CCNc2ccc(C(C)(C)C)cc2)CC1. The van der Waals surface area contributed by atoms with Crippen LogP contribution in [0.4, 0.5) is 5.69 Å². The van der Waals surface area contributed by atoms with E-state index in [1.54, 1.807) is 0 Å². The van der Waals surface area contributed by atoms with E-state index in [9.17, 15) is 0 Å². The van der Waals surface area contributed by atoms with Crippen LogP contribution in [0.1, 0.15) is 53.0 Å². The van der Waals surface area contributed by atoms with Crippen LogP contribution in [0, 0.1) is 5.41 Å². The Balaban J connectivity index is 1.74. The number of rotatable bonds is 4. The number of anilines is 1. The average molecular weight is 288 g/mol. The van der Waals surface area contributed by atoms with Gasteiger partial charge in [0.2, 0.25) is 0 Å². The van der Waals surface area contributed by atoms with Crippen LogP contribution in [0.2, 0.25) is 0 Å². The van der Waals surface area contributed by atoms with Gasteiger partial charge in [-0.15, -0.1) is 0 Å². The largest absolute Gasteiger partial charge is 0.384 e. The van der Waals surface area contributed by atoms with Crippen molar-refractivity contribution in [1.82, 2.24) is 4.90 Å². The lowest BCUT2D eigenvalue weighted by Gasteiger charge is -2.36. The lowest BCUT2D eigenvalue weighted by molar-refractivity contribution is 0.137. The van der Waals surface area contributed by atoms with Gasteiger partial charge in [0.25, 0.3) is 0 Å². The fourth-order valence-electron chi connectivity index (χ4n) is 2.83. The molecular weight excluding hydrogens is 256 g/mol. The van der Waals surface area contributed by atoms with E-state index in [4.69, 9.17) is 0 Å². The molecule has 118 valence electrons. The molecule has 2 rings (SSSR count). The van der Waals surface area contributed by atoms with E-state index in [-0.39, 0.29) is 5.41 Å². The second kappa shape index (κ2) is 6.39. The van der Waals surface area contributed by atoms with Gasteiger partial charge in [0.05, 0.1) is 0 Å². The van der Waals surface area contributed by atoms with Crippen molar-refractivity contribution in [2.75, 3.05) is 31.5 Å². The predicted molar refractivity (Wildman–Crippen MR) is 93.1 cm³/mol. The van der Waals surface area contributed by atoms with Crippen LogP contribution in [0.15, 0.2) is 24.3 Å². The maximum Gasteiger partial charge on any atom is 0.0340 e. The smallest absolute Gasteiger partial charge is 0.0340 e. The van der Waals surface area contributed by atoms with Crippen molar-refractivity contribution in [1.29, 1.82) is 0 Å². The highest BCUT2D eigenvalue weighted by molar-refractivity contribution is 5.45. The monoisotopic (exact) mass is 288 g/mol. The third kappa shape index (κ3) is 5.03. The summed E-state index contributed by atoms with van der Waals surface area (Å²) in [4.78, 5) is 2.59. The molecule has 2 nitrogen and oxygen atoms in total. The van der Waals surface area contributed by atoms with E-state index in [0.29, 0.717) is 5.41 Å². The highest BCUT2D eigenvalue weighted by atomic mass is 15.1. The van der Waals surface area contributed by atoms with Crippen molar-refractivity contribution < 1.29 is 0 Å². The topological polar surface area (TPSA) is 15.3 Å². The molecule has 1 aromatic rings. The van der Waals surface area contributed by atoms with Gasteiger partial charge in [-0.3, -0.25) is 0 Å². The Morgan fingerprint density at radius 2 is 1.62 bits per heavy atom. The van der Waals surface area contributed by atoms with Gasteiger partial charge in [-0.25, -0.2) is 0 Å². The Labute approximate surface area is 130 Å². The summed E-state index contributed by atoms with van der Waals surface area (Å²) in [5, 5.41) is 3.55. The van der Waals surface area contributed by atoms with Gasteiger partial charge in [0.15, 0.2) is 0 Å². The summed E-state index contributed by atoms with van der Waals surface area (Å²) >= 11 is 0. The third-order valence-electron chi connectivity index (χ3n) is 4.72. The summed E-state index contributed by atoms with van der Waals surface area (Å²) in [6.45, 7) is 16.2. The minimum Gasteiger partial charge on any atom is -0.384 e. The molecule has 1 heterocycles. The zero-order valence-electron chi connectivity index (χ0n) is 14.5. The number of likely N-dealkylation sites (tertiary alicyclic amines) is 1. The van der Waals surface area contributed by atoms with E-state index in [2.05, 4.69) is 69.1 Å². The van der Waals surface area contributed by atoms with E-state index in [0.717, 1.165) is 13.1 Å². The van der Waals surface area contributed by atoms with Crippen LogP contribution >= 0.6 is 0 Å². The molecule has 1 aromatic carbocycles. The Bertz CT molecular complexity index is 430. The second-order valence-corrected chi connectivity index (χ2v) is 8.26. The maximum atomic E-state index is 3.55. The van der Waals surface area contributed by atoms with Crippen molar-refractivity contribution in [3.63, 3.8) is 0 Å². The lowest BCUT2D eigenvalue weighted by Crippen LogP contribution is -2.39. The number of hydrogen-bond acceptors (Lipinski definition) is 2. The minimum absolute atomic E-state index is 0.235. The standard InChI is InChI=1S/C19H32N2/c1-18(2,3)16-6-8-17(9-7-16)20-12-15-21-13-10-19(4,5)11-14-21/h6-9,20H,10-15H2,1-5H3. The molecule has 2 heteroatoms. The Morgan fingerprint density at radius 1 is 1.05 bits per heavy atom. The number of benzene rings is 1. The van der Waals surface area contributed by atoms with Crippen molar-refractivity contribution in [2.45, 2.75) is 52.9 Å². The molecule has 0 aromatic heterocycles. The summed E-state index contributed by atoms with van der Waals surface area (Å²) in [5.41, 5.74) is 3.41. The zero-order chi connectivity index (χ0) is 15.5. The van der Waals surface area contributed by atoms with Gasteiger partial charge in [-0.2, -0.15) is 0 Å². The zero-order valence-corrected chi connectivity index (χ0v) is 14.5. The second-order valence-electron chi connectivity index (χ2n) is 8.26. The minimum atomic E-state index is 0.235. The lowest BCUT2D eigenvalue weighted by atomic mass is 9.83. The van der Waals surface area contributed by atoms with E-state index in [1.165, 1.54) is 37.2 Å². The van der Waals surface area contributed by atoms with Gasteiger partial charge in [-0.1, -0.05) is 46.8 Å². The molecule has 0 spiro atoms. The molecule has 1 saturated heterocycles. The normalized spacial score (nSPS) is 19.5. The molecule has 0 atom stereocenters. The van der Waals surface area contributed by atoms with Gasteiger partial charge < -0.3 is 10.2 Å². The fraction of sp³-hybridized carbons (Fsp3) is 0.684. The van der Waals surface area contributed by atoms with Gasteiger partial charge in [-0.05, 0) is 54.5 Å². The molecule has 0 saturated carbocycles. The van der Waals surface area contributed by atoms with Gasteiger partial charge in [0.1, 0.15) is 0 Å². The average Bonchev–Trinajstić information content (AvgIpc) is 2.40. The summed E-state index contributed by atoms with van der Waals surface area (Å²) in [6, 6.07) is 8.90. The predicted octanol–water partition coefficient (Wildman–Crippen LogP) is 4.52. The number of nitrogens with one attached hydrogen (secondary N) is 1. The van der Waals surface area contributed by atoms with Crippen LogP contribution in [-0.2, 0) is 5.41 Å². The number of nitrogens with zero attached hydrogens (tertiary/aromatic N) is 1. The first-order valence-electron chi connectivity index (χ1n) is 8.33. The summed E-state index contributed by atoms with van der Waals surface area (Å²) < 4.78 is 0. The Morgan fingerprint density at radius 3 is 2.14 bits per heavy atom. The summed E-state index contributed by atoms with van der Waals surface area (Å²) in [7, 11) is 0. The summed E-state index contributed by atoms with van der Waals surface area (Å²) in [5.74, 6) is 0. The number of hydrogen-bond donors (Lipinski definition) is 1. The molecule has 1 N–H and O–H groups in total. The molecule has 1 fully saturated rings. The fourth-order valence-corrected chi connectivity index (χ4v) is 2.83. The van der Waals surface area contributed by atoms with Crippen molar-refractivity contribution in [3.8, 4) is 0 Å². The first-order valence-corrected chi connectivity index (χ1v) is 8.33. The molecule has 1 aliphatic heterocycles. The first-order chi connectivity index (χ1) is 9.76. The Hall–Kier alpha value is -1.02. The van der Waals surface area contributed by atoms with E-state index in [1.807, 2.05) is 0 Å². The highest BCUT2D eigenvalue weighted by Crippen LogP contribution is 2.29. The van der Waals surface area contributed by atoms with Crippen molar-refractivity contribution in [2.24, 2.45) is 5.41 Å². The number of piperidine rings is 1. The van der Waals surface area contributed by atoms with Crippen LogP contribution in [0.3, 0.4) is 0 Å². The van der Waals surface area contributed by atoms with Crippen molar-refractivity contribution in [3.05, 3.63) is 29.8 Å². The quantitative estimate of drug-likeness (QED) is 0.876. The van der Waals surface area contributed by atoms with Crippen LogP contribution < -0.4 is 5.32 Å². The first kappa shape index (κ1) is 16.4. The third-order valence-corrected chi connectivity index (χ3v) is 4.72. The Kier molecular flexibility index (Phi) is 4.98. The highest BCUT2D eigenvalue weighted by Gasteiger charge is 2.24. The van der Waals surface area contributed by atoms with Crippen LogP contribution in [0.25, 0.3) is 0 Å². The van der Waals surface area contributed by atoms with Gasteiger partial charge >= 0.3 is 0 Å². The molecule has 0 unspecified atom stereocenters. The maximum absolute atomic E-state index is 3.55. The van der Waals surface area contributed by atoms with Gasteiger partial charge in [0, 0.05) is 18.8 Å². The molecule has 1 aliphatic rings. The molecule has 21 heavy (non-hydrogen) atoms. The molecular formula is C19H32N2. The molecule has 0 bridgehead atoms. The van der Waals surface area contributed by atoms with E-state index >= 15 is 0 Å². The summed E-state index contributed by atoms with van der Waals surface area (Å²) in [6.07, 6.45) is 2.65. The van der Waals surface area contributed by atoms with E-state index < -0.39 is 0 Å². The van der Waals surface area contributed by atoms with Crippen LogP contribution in [-0.4, -0.2) is 31.1 Å². The molecule has 0 aliphatic carbocycles. The van der Waals surface area contributed by atoms with Crippen LogP contribution in [0.5, 0.6) is 0 Å². The molecule has 0 radical (unpaired) electrons. The van der Waals surface area contributed by atoms with Crippen molar-refractivity contribution >= 4 is 5.69 Å².